The Bertz CT molecular complexity index is 138. The van der Waals surface area contributed by atoms with Crippen molar-refractivity contribution in [1.29, 1.82) is 0 Å². The monoisotopic (exact) mass is 145 g/mol. The van der Waals surface area contributed by atoms with Crippen LogP contribution in [0.3, 0.4) is 0 Å². The molecule has 0 rings (SSSR count). The molecule has 0 aromatic carbocycles. The Labute approximate surface area is 59.8 Å². The van der Waals surface area contributed by atoms with Crippen LogP contribution in [0.1, 0.15) is 0 Å². The minimum Gasteiger partial charge on any atom is -0.334 e. The van der Waals surface area contributed by atoms with Gasteiger partial charge in [-0.3, -0.25) is 4.79 Å². The van der Waals surface area contributed by atoms with Crippen LogP contribution >= 0.6 is 11.6 Å². The summed E-state index contributed by atoms with van der Waals surface area (Å²) in [6, 6.07) is 0. The highest BCUT2D eigenvalue weighted by Gasteiger charge is 2.02. The summed E-state index contributed by atoms with van der Waals surface area (Å²) in [6.07, 6.45) is 4.93. The zero-order valence-electron chi connectivity index (χ0n) is 5.22. The van der Waals surface area contributed by atoms with E-state index in [1.807, 2.05) is 0 Å². The number of hydrogen-bond donors (Lipinski definition) is 0. The molecular weight excluding hydrogens is 138 g/mol. The summed E-state index contributed by atoms with van der Waals surface area (Å²) in [7, 11) is 1.62. The van der Waals surface area contributed by atoms with E-state index in [4.69, 9.17) is 18.0 Å². The Morgan fingerprint density at radius 1 is 1.89 bits per heavy atom. The van der Waals surface area contributed by atoms with Crippen LogP contribution in [-0.2, 0) is 4.79 Å². The number of amides is 1. The Morgan fingerprint density at radius 2 is 2.44 bits per heavy atom. The Balaban J connectivity index is 3.62. The maximum Gasteiger partial charge on any atom is 0.238 e. The molecule has 0 saturated heterocycles. The molecule has 0 spiro atoms. The third-order valence-electron chi connectivity index (χ3n) is 0.869. The molecule has 0 aliphatic heterocycles. The summed E-state index contributed by atoms with van der Waals surface area (Å²) in [5, 5.41) is 0. The van der Waals surface area contributed by atoms with Crippen molar-refractivity contribution < 1.29 is 4.79 Å². The van der Waals surface area contributed by atoms with Gasteiger partial charge in [0.1, 0.15) is 5.88 Å². The maximum atomic E-state index is 10.6. The first-order chi connectivity index (χ1) is 4.22. The number of alkyl halides is 1. The van der Waals surface area contributed by atoms with E-state index in [2.05, 4.69) is 5.92 Å². The van der Waals surface area contributed by atoms with Gasteiger partial charge in [-0.25, -0.2) is 0 Å². The molecule has 0 unspecified atom stereocenters. The van der Waals surface area contributed by atoms with Crippen molar-refractivity contribution in [3.63, 3.8) is 0 Å². The molecule has 0 atom stereocenters. The molecule has 0 saturated carbocycles. The van der Waals surface area contributed by atoms with Gasteiger partial charge in [-0.15, -0.1) is 18.0 Å². The second-order valence-corrected chi connectivity index (χ2v) is 1.85. The van der Waals surface area contributed by atoms with Crippen LogP contribution in [0.15, 0.2) is 0 Å². The van der Waals surface area contributed by atoms with Crippen LogP contribution in [0.2, 0.25) is 0 Å². The van der Waals surface area contributed by atoms with Gasteiger partial charge in [0.05, 0.1) is 6.54 Å². The first-order valence-electron chi connectivity index (χ1n) is 2.45. The number of carbonyl (C=O) groups is 1. The maximum absolute atomic E-state index is 10.6. The van der Waals surface area contributed by atoms with Crippen LogP contribution < -0.4 is 0 Å². The lowest BCUT2D eigenvalue weighted by Gasteiger charge is -2.10. The zero-order valence-corrected chi connectivity index (χ0v) is 5.98. The number of terminal acetylenes is 1. The topological polar surface area (TPSA) is 20.3 Å². The van der Waals surface area contributed by atoms with E-state index in [0.29, 0.717) is 6.54 Å². The second-order valence-electron chi connectivity index (χ2n) is 1.59. The van der Waals surface area contributed by atoms with Crippen molar-refractivity contribution in [1.82, 2.24) is 4.90 Å². The standard InChI is InChI=1S/C6H8ClNO/c1-3-4-8(2)6(9)5-7/h1H,4-5H2,2H3. The second kappa shape index (κ2) is 4.22. The average Bonchev–Trinajstić information content (AvgIpc) is 1.87. The molecule has 0 heterocycles. The summed E-state index contributed by atoms with van der Waals surface area (Å²) in [5.41, 5.74) is 0. The molecule has 0 aromatic heterocycles. The summed E-state index contributed by atoms with van der Waals surface area (Å²) in [6.45, 7) is 0.325. The van der Waals surface area contributed by atoms with Crippen molar-refractivity contribution in [3.8, 4) is 12.3 Å². The molecule has 0 aliphatic rings. The van der Waals surface area contributed by atoms with Crippen molar-refractivity contribution >= 4 is 17.5 Å². The molecular formula is C6H8ClNO. The van der Waals surface area contributed by atoms with Crippen LogP contribution in [0, 0.1) is 12.3 Å². The molecule has 1 amide bonds. The molecule has 0 aliphatic carbocycles. The van der Waals surface area contributed by atoms with E-state index in [1.54, 1.807) is 7.05 Å². The van der Waals surface area contributed by atoms with Crippen LogP contribution in [0.25, 0.3) is 0 Å². The molecule has 3 heteroatoms. The van der Waals surface area contributed by atoms with Gasteiger partial charge in [0, 0.05) is 7.05 Å². The lowest BCUT2D eigenvalue weighted by atomic mass is 10.5. The van der Waals surface area contributed by atoms with Gasteiger partial charge in [0.25, 0.3) is 0 Å². The van der Waals surface area contributed by atoms with Crippen molar-refractivity contribution in [2.45, 2.75) is 0 Å². The van der Waals surface area contributed by atoms with Crippen molar-refractivity contribution in [2.24, 2.45) is 0 Å². The van der Waals surface area contributed by atoms with Gasteiger partial charge in [-0.1, -0.05) is 5.92 Å². The van der Waals surface area contributed by atoms with Crippen molar-refractivity contribution in [2.75, 3.05) is 19.5 Å². The molecule has 50 valence electrons. The zero-order chi connectivity index (χ0) is 7.28. The number of halogens is 1. The molecule has 0 fully saturated rings. The smallest absolute Gasteiger partial charge is 0.238 e. The third kappa shape index (κ3) is 2.99. The average molecular weight is 146 g/mol. The highest BCUT2D eigenvalue weighted by Crippen LogP contribution is 1.85. The lowest BCUT2D eigenvalue weighted by molar-refractivity contribution is -0.126. The first kappa shape index (κ1) is 8.32. The van der Waals surface area contributed by atoms with E-state index in [0.717, 1.165) is 0 Å². The lowest BCUT2D eigenvalue weighted by Crippen LogP contribution is -2.27. The Morgan fingerprint density at radius 3 is 2.78 bits per heavy atom. The molecule has 2 nitrogen and oxygen atoms in total. The molecule has 9 heavy (non-hydrogen) atoms. The largest absolute Gasteiger partial charge is 0.334 e. The van der Waals surface area contributed by atoms with Gasteiger partial charge in [-0.2, -0.15) is 0 Å². The fourth-order valence-electron chi connectivity index (χ4n) is 0.327. The normalized spacial score (nSPS) is 8.11. The minimum atomic E-state index is -0.144. The predicted octanol–water partition coefficient (Wildman–Crippen LogP) is 0.317. The van der Waals surface area contributed by atoms with E-state index in [-0.39, 0.29) is 11.8 Å². The number of hydrogen-bond acceptors (Lipinski definition) is 1. The predicted molar refractivity (Wildman–Crippen MR) is 37.2 cm³/mol. The van der Waals surface area contributed by atoms with E-state index >= 15 is 0 Å². The molecule has 0 radical (unpaired) electrons. The molecule has 0 N–H and O–H groups in total. The van der Waals surface area contributed by atoms with E-state index < -0.39 is 0 Å². The van der Waals surface area contributed by atoms with Gasteiger partial charge in [0.2, 0.25) is 5.91 Å². The fourth-order valence-corrected chi connectivity index (χ4v) is 0.531. The number of carbonyl (C=O) groups excluding carboxylic acids is 1. The Hall–Kier alpha value is -0.680. The minimum absolute atomic E-state index is 0.00181. The van der Waals surface area contributed by atoms with Crippen LogP contribution in [-0.4, -0.2) is 30.3 Å². The van der Waals surface area contributed by atoms with Gasteiger partial charge in [-0.05, 0) is 0 Å². The highest BCUT2D eigenvalue weighted by molar-refractivity contribution is 6.27. The van der Waals surface area contributed by atoms with E-state index in [1.165, 1.54) is 4.90 Å². The van der Waals surface area contributed by atoms with Gasteiger partial charge < -0.3 is 4.90 Å². The summed E-state index contributed by atoms with van der Waals surface area (Å²) < 4.78 is 0. The fraction of sp³-hybridized carbons (Fsp3) is 0.500. The van der Waals surface area contributed by atoms with Crippen LogP contribution in [0.4, 0.5) is 0 Å². The van der Waals surface area contributed by atoms with Gasteiger partial charge >= 0.3 is 0 Å². The molecule has 0 aromatic rings. The van der Waals surface area contributed by atoms with E-state index in [9.17, 15) is 4.79 Å². The van der Waals surface area contributed by atoms with Crippen molar-refractivity contribution in [3.05, 3.63) is 0 Å². The summed E-state index contributed by atoms with van der Waals surface area (Å²) >= 11 is 5.22. The summed E-state index contributed by atoms with van der Waals surface area (Å²) in [5.74, 6) is 2.18. The number of rotatable bonds is 2. The third-order valence-corrected chi connectivity index (χ3v) is 1.10. The summed E-state index contributed by atoms with van der Waals surface area (Å²) in [4.78, 5) is 12.0. The first-order valence-corrected chi connectivity index (χ1v) is 2.99. The van der Waals surface area contributed by atoms with Gasteiger partial charge in [0.15, 0.2) is 0 Å². The van der Waals surface area contributed by atoms with Crippen LogP contribution in [0.5, 0.6) is 0 Å². The molecule has 0 bridgehead atoms. The quantitative estimate of drug-likeness (QED) is 0.405. The Kier molecular flexibility index (Phi) is 3.90. The number of nitrogens with zero attached hydrogens (tertiary/aromatic N) is 1. The SMILES string of the molecule is C#CCN(C)C(=O)CCl. The highest BCUT2D eigenvalue weighted by atomic mass is 35.5.